The Hall–Kier alpha value is 0.580. The van der Waals surface area contributed by atoms with Crippen LogP contribution in [0.4, 0.5) is 0 Å². The van der Waals surface area contributed by atoms with Crippen molar-refractivity contribution in [3.63, 3.8) is 0 Å². The molecular weight excluding hydrogens is 220 g/mol. The molecule has 1 aliphatic carbocycles. The number of hydrogen-bond acceptors (Lipinski definition) is 3. The Bertz CT molecular complexity index is 244. The third-order valence-electron chi connectivity index (χ3n) is 2.34. The van der Waals surface area contributed by atoms with Gasteiger partial charge in [-0.1, -0.05) is 0 Å². The van der Waals surface area contributed by atoms with E-state index in [0.29, 0.717) is 17.9 Å². The predicted molar refractivity (Wildman–Crippen MR) is 50.3 cm³/mol. The summed E-state index contributed by atoms with van der Waals surface area (Å²) >= 11 is 0. The van der Waals surface area contributed by atoms with Gasteiger partial charge in [-0.2, -0.15) is 0 Å². The van der Waals surface area contributed by atoms with Crippen molar-refractivity contribution in [2.24, 2.45) is 0 Å². The van der Waals surface area contributed by atoms with E-state index in [2.05, 4.69) is 0 Å². The quantitative estimate of drug-likeness (QED) is 0.196. The van der Waals surface area contributed by atoms with Crippen molar-refractivity contribution in [2.45, 2.75) is 31.0 Å². The Labute approximate surface area is 104 Å². The van der Waals surface area contributed by atoms with Crippen molar-refractivity contribution in [1.29, 1.82) is 0 Å². The van der Waals surface area contributed by atoms with Crippen LogP contribution in [0.2, 0.25) is 0 Å². The van der Waals surface area contributed by atoms with Crippen LogP contribution >= 0.6 is 7.60 Å². The second-order valence-electron chi connectivity index (χ2n) is 3.20. The van der Waals surface area contributed by atoms with Gasteiger partial charge >= 0.3 is 37.2 Å². The molecule has 1 amide bonds. The molecule has 0 aromatic heterocycles. The van der Waals surface area contributed by atoms with E-state index in [9.17, 15) is 9.36 Å². The molecule has 1 aliphatic rings. The van der Waals surface area contributed by atoms with Gasteiger partial charge in [-0.15, -0.1) is 0 Å². The van der Waals surface area contributed by atoms with Crippen LogP contribution in [0.1, 0.15) is 19.3 Å². The third-order valence-corrected chi connectivity index (χ3v) is 3.76. The molecule has 2 atom stereocenters. The summed E-state index contributed by atoms with van der Waals surface area (Å²) < 4.78 is 10.8. The monoisotopic (exact) mass is 233 g/mol. The Kier molecular flexibility index (Phi) is 5.84. The molecule has 0 heterocycles. The number of rotatable bonds is 3. The summed E-state index contributed by atoms with van der Waals surface area (Å²) in [4.78, 5) is 27.8. The fourth-order valence-corrected chi connectivity index (χ4v) is 2.57. The summed E-state index contributed by atoms with van der Waals surface area (Å²) in [5.41, 5.74) is -0.716. The summed E-state index contributed by atoms with van der Waals surface area (Å²) in [7, 11) is -4.05. The van der Waals surface area contributed by atoms with Gasteiger partial charge < -0.3 is 9.79 Å². The molecular formula is C6H13NNaO5P. The Morgan fingerprint density at radius 3 is 2.29 bits per heavy atom. The Morgan fingerprint density at radius 1 is 1.36 bits per heavy atom. The van der Waals surface area contributed by atoms with Gasteiger partial charge in [0.15, 0.2) is 0 Å². The second-order valence-corrected chi connectivity index (χ2v) is 5.10. The maximum absolute atomic E-state index is 10.8. The number of hydroxylamine groups is 2. The number of hydrogen-bond donors (Lipinski definition) is 3. The molecule has 8 heteroatoms. The van der Waals surface area contributed by atoms with Gasteiger partial charge in [0.1, 0.15) is 0 Å². The minimum absolute atomic E-state index is 0. The molecule has 0 radical (unpaired) electrons. The van der Waals surface area contributed by atoms with Crippen LogP contribution in [-0.4, -0.2) is 67.7 Å². The second kappa shape index (κ2) is 5.61. The van der Waals surface area contributed by atoms with Crippen LogP contribution in [0.25, 0.3) is 0 Å². The van der Waals surface area contributed by atoms with Crippen molar-refractivity contribution in [1.82, 2.24) is 5.06 Å². The fraction of sp³-hybridized carbons (Fsp3) is 0.833. The number of carbonyl (C=O) groups excluding carboxylic acids is 1. The molecule has 6 nitrogen and oxygen atoms in total. The van der Waals surface area contributed by atoms with E-state index < -0.39 is 19.3 Å². The molecule has 0 aromatic rings. The summed E-state index contributed by atoms with van der Waals surface area (Å²) in [5, 5.41) is 9.44. The Morgan fingerprint density at radius 2 is 1.93 bits per heavy atom. The van der Waals surface area contributed by atoms with E-state index in [1.54, 1.807) is 0 Å². The normalized spacial score (nSPS) is 26.8. The van der Waals surface area contributed by atoms with Gasteiger partial charge in [0.05, 0.1) is 11.7 Å². The first-order valence-electron chi connectivity index (χ1n) is 3.93. The topological polar surface area (TPSA) is 98.1 Å². The van der Waals surface area contributed by atoms with Crippen molar-refractivity contribution < 1.29 is 24.4 Å². The van der Waals surface area contributed by atoms with Crippen LogP contribution in [0, 0.1) is 0 Å². The molecule has 1 rings (SSSR count). The van der Waals surface area contributed by atoms with Crippen LogP contribution in [0.5, 0.6) is 0 Å². The first-order valence-corrected chi connectivity index (χ1v) is 5.61. The molecule has 2 unspecified atom stereocenters. The van der Waals surface area contributed by atoms with Crippen LogP contribution in [-0.2, 0) is 9.36 Å². The molecule has 14 heavy (non-hydrogen) atoms. The number of amides is 1. The number of nitrogens with zero attached hydrogens (tertiary/aromatic N) is 1. The molecule has 1 saturated carbocycles. The average Bonchev–Trinajstić information content (AvgIpc) is 2.50. The average molecular weight is 233 g/mol. The van der Waals surface area contributed by atoms with Crippen molar-refractivity contribution in [3.05, 3.63) is 0 Å². The summed E-state index contributed by atoms with van der Waals surface area (Å²) in [5.74, 6) is 0. The van der Waals surface area contributed by atoms with E-state index in [4.69, 9.17) is 15.0 Å². The van der Waals surface area contributed by atoms with Crippen LogP contribution in [0.3, 0.4) is 0 Å². The zero-order valence-electron chi connectivity index (χ0n) is 6.91. The molecule has 0 saturated heterocycles. The SMILES string of the molecule is O=CN(O)C1CCC(P(=O)(O)O)C1.[NaH]. The molecule has 0 aromatic carbocycles. The first-order chi connectivity index (χ1) is 5.95. The van der Waals surface area contributed by atoms with Gasteiger partial charge in [-0.25, -0.2) is 5.06 Å². The van der Waals surface area contributed by atoms with Crippen LogP contribution < -0.4 is 0 Å². The molecule has 0 aliphatic heterocycles. The number of carbonyl (C=O) groups is 1. The summed E-state index contributed by atoms with van der Waals surface area (Å²) in [6, 6.07) is -0.449. The third kappa shape index (κ3) is 3.62. The van der Waals surface area contributed by atoms with Crippen molar-refractivity contribution in [3.8, 4) is 0 Å². The van der Waals surface area contributed by atoms with Gasteiger partial charge in [0.2, 0.25) is 6.41 Å². The predicted octanol–water partition coefficient (Wildman–Crippen LogP) is -0.716. The molecule has 78 valence electrons. The van der Waals surface area contributed by atoms with Gasteiger partial charge in [-0.3, -0.25) is 14.6 Å². The molecule has 0 bridgehead atoms. The maximum atomic E-state index is 10.8. The van der Waals surface area contributed by atoms with E-state index in [0.717, 1.165) is 0 Å². The van der Waals surface area contributed by atoms with Gasteiger partial charge in [0.25, 0.3) is 0 Å². The summed E-state index contributed by atoms with van der Waals surface area (Å²) in [6.07, 6.45) is 1.21. The minimum atomic E-state index is -4.05. The Balaban J connectivity index is 0.00000169. The molecule has 0 spiro atoms. The summed E-state index contributed by atoms with van der Waals surface area (Å²) in [6.45, 7) is 0. The van der Waals surface area contributed by atoms with Crippen LogP contribution in [0.15, 0.2) is 0 Å². The molecule has 3 N–H and O–H groups in total. The fourth-order valence-electron chi connectivity index (χ4n) is 1.57. The van der Waals surface area contributed by atoms with Gasteiger partial charge in [-0.05, 0) is 19.3 Å². The zero-order valence-corrected chi connectivity index (χ0v) is 7.80. The standard InChI is InChI=1S/C6H12NO5P.Na.H/c8-4-7(9)5-1-2-6(3-5)13(10,11)12;;/h4-6,9H,1-3H2,(H2,10,11,12);;. The zero-order chi connectivity index (χ0) is 10.1. The molecule has 1 fully saturated rings. The van der Waals surface area contributed by atoms with Crippen molar-refractivity contribution >= 4 is 43.6 Å². The van der Waals surface area contributed by atoms with Crippen molar-refractivity contribution in [2.75, 3.05) is 0 Å². The van der Waals surface area contributed by atoms with E-state index in [-0.39, 0.29) is 42.4 Å². The van der Waals surface area contributed by atoms with E-state index >= 15 is 0 Å². The van der Waals surface area contributed by atoms with E-state index in [1.165, 1.54) is 0 Å². The first kappa shape index (κ1) is 14.6. The van der Waals surface area contributed by atoms with E-state index in [1.807, 2.05) is 0 Å². The van der Waals surface area contributed by atoms with Gasteiger partial charge in [0, 0.05) is 0 Å².